The summed E-state index contributed by atoms with van der Waals surface area (Å²) < 4.78 is 28.1. The standard InChI is InChI=1S/C25H31ClN4O5S/c1-35-25(32)30-9-3-4-18(16-30)23(31)13-19-12-20(21(26)15-27-19)22-5-2-6-24(29-22)28-14-17-7-10-36(33,34)11-8-17/h2,5-6,12,15,17-18H,3-4,7-11,13-14,16H2,1H3,(H,28,29)/t18-/m0/s1. The molecule has 1 atom stereocenters. The predicted molar refractivity (Wildman–Crippen MR) is 138 cm³/mol. The van der Waals surface area contributed by atoms with Gasteiger partial charge in [0, 0.05) is 49.4 Å². The second-order valence-corrected chi connectivity index (χ2v) is 12.1. The smallest absolute Gasteiger partial charge is 0.409 e. The van der Waals surface area contributed by atoms with Crippen molar-refractivity contribution in [2.45, 2.75) is 32.1 Å². The lowest BCUT2D eigenvalue weighted by molar-refractivity contribution is -0.123. The highest BCUT2D eigenvalue weighted by atomic mass is 35.5. The van der Waals surface area contributed by atoms with E-state index < -0.39 is 15.9 Å². The number of nitrogens with one attached hydrogen (secondary N) is 1. The number of amides is 1. The van der Waals surface area contributed by atoms with Crippen LogP contribution in [0.3, 0.4) is 0 Å². The second-order valence-electron chi connectivity index (χ2n) is 9.44. The van der Waals surface area contributed by atoms with E-state index in [1.165, 1.54) is 13.3 Å². The van der Waals surface area contributed by atoms with Crippen LogP contribution < -0.4 is 5.32 Å². The molecule has 9 nitrogen and oxygen atoms in total. The van der Waals surface area contributed by atoms with Gasteiger partial charge in [-0.05, 0) is 49.8 Å². The van der Waals surface area contributed by atoms with Crippen LogP contribution >= 0.6 is 11.6 Å². The topological polar surface area (TPSA) is 119 Å². The molecule has 2 aliphatic rings. The number of hydrogen-bond acceptors (Lipinski definition) is 8. The van der Waals surface area contributed by atoms with Crippen LogP contribution in [0.5, 0.6) is 0 Å². The number of ketones is 1. The number of nitrogens with zero attached hydrogens (tertiary/aromatic N) is 3. The maximum absolute atomic E-state index is 13.0. The Hall–Kier alpha value is -2.72. The van der Waals surface area contributed by atoms with Crippen LogP contribution in [0.2, 0.25) is 5.02 Å². The lowest BCUT2D eigenvalue weighted by atomic mass is 9.91. The van der Waals surface area contributed by atoms with Gasteiger partial charge in [-0.3, -0.25) is 9.78 Å². The minimum Gasteiger partial charge on any atom is -0.453 e. The van der Waals surface area contributed by atoms with Crippen LogP contribution in [0, 0.1) is 11.8 Å². The SMILES string of the molecule is COC(=O)N1CCC[C@H](C(=O)Cc2cc(-c3cccc(NCC4CCS(=O)(=O)CC4)n3)c(Cl)cn2)C1. The number of anilines is 1. The van der Waals surface area contributed by atoms with Crippen molar-refractivity contribution in [2.24, 2.45) is 11.8 Å². The van der Waals surface area contributed by atoms with E-state index in [0.29, 0.717) is 60.3 Å². The van der Waals surface area contributed by atoms with E-state index in [4.69, 9.17) is 16.3 Å². The summed E-state index contributed by atoms with van der Waals surface area (Å²) in [6, 6.07) is 7.37. The first kappa shape index (κ1) is 26.3. The minimum absolute atomic E-state index is 0.0299. The van der Waals surface area contributed by atoms with Gasteiger partial charge in [0.05, 0.1) is 29.3 Å². The first-order chi connectivity index (χ1) is 17.2. The van der Waals surface area contributed by atoms with Crippen LogP contribution in [0.4, 0.5) is 10.6 Å². The van der Waals surface area contributed by atoms with Gasteiger partial charge in [0.1, 0.15) is 21.4 Å². The Labute approximate surface area is 216 Å². The van der Waals surface area contributed by atoms with Crippen molar-refractivity contribution in [2.75, 3.05) is 43.6 Å². The Kier molecular flexibility index (Phi) is 8.46. The Morgan fingerprint density at radius 1 is 1.22 bits per heavy atom. The van der Waals surface area contributed by atoms with E-state index in [1.54, 1.807) is 11.0 Å². The van der Waals surface area contributed by atoms with Crippen molar-refractivity contribution in [1.29, 1.82) is 0 Å². The maximum Gasteiger partial charge on any atom is 0.409 e. The van der Waals surface area contributed by atoms with E-state index in [1.807, 2.05) is 18.2 Å². The molecule has 0 unspecified atom stereocenters. The number of hydrogen-bond donors (Lipinski definition) is 1. The van der Waals surface area contributed by atoms with Crippen LogP contribution in [-0.2, 0) is 25.8 Å². The fourth-order valence-electron chi connectivity index (χ4n) is 4.71. The number of halogens is 1. The lowest BCUT2D eigenvalue weighted by Gasteiger charge is -2.30. The molecule has 0 saturated carbocycles. The summed E-state index contributed by atoms with van der Waals surface area (Å²) >= 11 is 6.44. The Morgan fingerprint density at radius 3 is 2.75 bits per heavy atom. The molecular weight excluding hydrogens is 504 g/mol. The van der Waals surface area contributed by atoms with Crippen molar-refractivity contribution >= 4 is 39.1 Å². The molecule has 36 heavy (non-hydrogen) atoms. The number of rotatable bonds is 7. The molecule has 2 aromatic heterocycles. The number of carbonyl (C=O) groups is 2. The highest BCUT2D eigenvalue weighted by Crippen LogP contribution is 2.29. The first-order valence-electron chi connectivity index (χ1n) is 12.2. The number of aromatic nitrogens is 2. The molecule has 0 spiro atoms. The van der Waals surface area contributed by atoms with E-state index in [9.17, 15) is 18.0 Å². The minimum atomic E-state index is -2.89. The summed E-state index contributed by atoms with van der Waals surface area (Å²) in [6.07, 6.45) is 4.06. The van der Waals surface area contributed by atoms with Crippen LogP contribution in [-0.4, -0.2) is 73.4 Å². The molecule has 4 rings (SSSR count). The summed E-state index contributed by atoms with van der Waals surface area (Å²) in [5.74, 6) is 1.22. The second kappa shape index (κ2) is 11.6. The Bertz CT molecular complexity index is 1210. The number of piperidine rings is 1. The van der Waals surface area contributed by atoms with Crippen molar-refractivity contribution < 1.29 is 22.7 Å². The average Bonchev–Trinajstić information content (AvgIpc) is 2.89. The summed E-state index contributed by atoms with van der Waals surface area (Å²) in [4.78, 5) is 35.4. The van der Waals surface area contributed by atoms with Crippen LogP contribution in [0.25, 0.3) is 11.3 Å². The van der Waals surface area contributed by atoms with E-state index in [2.05, 4.69) is 15.3 Å². The summed E-state index contributed by atoms with van der Waals surface area (Å²) in [7, 11) is -1.54. The first-order valence-corrected chi connectivity index (χ1v) is 14.4. The van der Waals surface area contributed by atoms with Crippen LogP contribution in [0.15, 0.2) is 30.5 Å². The van der Waals surface area contributed by atoms with Gasteiger partial charge in [-0.25, -0.2) is 18.2 Å². The zero-order valence-electron chi connectivity index (χ0n) is 20.3. The molecular formula is C25H31ClN4O5S. The molecule has 4 heterocycles. The number of Topliss-reactive ketones (excluding diaryl/α,β-unsaturated/α-hetero) is 1. The molecule has 2 fully saturated rings. The zero-order valence-corrected chi connectivity index (χ0v) is 21.9. The summed E-state index contributed by atoms with van der Waals surface area (Å²) in [5, 5.41) is 3.75. The number of methoxy groups -OCH3 is 1. The highest BCUT2D eigenvalue weighted by molar-refractivity contribution is 7.91. The molecule has 11 heteroatoms. The molecule has 194 valence electrons. The molecule has 0 aromatic carbocycles. The maximum atomic E-state index is 13.0. The monoisotopic (exact) mass is 534 g/mol. The van der Waals surface area contributed by atoms with Crippen molar-refractivity contribution in [3.8, 4) is 11.3 Å². The molecule has 2 aromatic rings. The molecule has 1 N–H and O–H groups in total. The van der Waals surface area contributed by atoms with Gasteiger partial charge in [-0.2, -0.15) is 0 Å². The van der Waals surface area contributed by atoms with E-state index in [0.717, 1.165) is 12.8 Å². The molecule has 0 bridgehead atoms. The third-order valence-electron chi connectivity index (χ3n) is 6.85. The molecule has 0 aliphatic carbocycles. The third kappa shape index (κ3) is 6.73. The zero-order chi connectivity index (χ0) is 25.7. The van der Waals surface area contributed by atoms with Gasteiger partial charge in [0.25, 0.3) is 0 Å². The van der Waals surface area contributed by atoms with Gasteiger partial charge in [-0.15, -0.1) is 0 Å². The number of carbonyl (C=O) groups excluding carboxylic acids is 2. The number of sulfone groups is 1. The normalized spacial score (nSPS) is 20.1. The van der Waals surface area contributed by atoms with Gasteiger partial charge >= 0.3 is 6.09 Å². The fraction of sp³-hybridized carbons (Fsp3) is 0.520. The predicted octanol–water partition coefficient (Wildman–Crippen LogP) is 3.62. The van der Waals surface area contributed by atoms with E-state index >= 15 is 0 Å². The van der Waals surface area contributed by atoms with Gasteiger partial charge < -0.3 is 15.0 Å². The molecule has 2 saturated heterocycles. The van der Waals surface area contributed by atoms with E-state index in [-0.39, 0.29) is 35.5 Å². The summed E-state index contributed by atoms with van der Waals surface area (Å²) in [6.45, 7) is 1.60. The number of pyridine rings is 2. The highest BCUT2D eigenvalue weighted by Gasteiger charge is 2.29. The number of likely N-dealkylation sites (tertiary alicyclic amines) is 1. The fourth-order valence-corrected chi connectivity index (χ4v) is 6.50. The molecule has 1 amide bonds. The quantitative estimate of drug-likeness (QED) is 0.572. The van der Waals surface area contributed by atoms with Gasteiger partial charge in [0.2, 0.25) is 0 Å². The Morgan fingerprint density at radius 2 is 2.00 bits per heavy atom. The molecule has 0 radical (unpaired) electrons. The van der Waals surface area contributed by atoms with Crippen LogP contribution in [0.1, 0.15) is 31.4 Å². The molecule has 2 aliphatic heterocycles. The Balaban J connectivity index is 1.41. The average molecular weight is 535 g/mol. The summed E-state index contributed by atoms with van der Waals surface area (Å²) in [5.41, 5.74) is 1.93. The largest absolute Gasteiger partial charge is 0.453 e. The number of ether oxygens (including phenoxy) is 1. The van der Waals surface area contributed by atoms with Crippen molar-refractivity contribution in [1.82, 2.24) is 14.9 Å². The van der Waals surface area contributed by atoms with Crippen molar-refractivity contribution in [3.05, 3.63) is 41.2 Å². The van der Waals surface area contributed by atoms with Gasteiger partial charge in [-0.1, -0.05) is 17.7 Å². The third-order valence-corrected chi connectivity index (χ3v) is 8.86. The van der Waals surface area contributed by atoms with Crippen molar-refractivity contribution in [3.63, 3.8) is 0 Å². The lowest BCUT2D eigenvalue weighted by Crippen LogP contribution is -2.42. The van der Waals surface area contributed by atoms with Gasteiger partial charge in [0.15, 0.2) is 0 Å².